The van der Waals surface area contributed by atoms with E-state index in [1.165, 1.54) is 16.4 Å². The summed E-state index contributed by atoms with van der Waals surface area (Å²) >= 11 is 3.36. The van der Waals surface area contributed by atoms with Gasteiger partial charge in [-0.2, -0.15) is 4.31 Å². The average Bonchev–Trinajstić information content (AvgIpc) is 2.97. The SMILES string of the molecule is O=C(OCc1ccc(Br)cc1)c1cccc(S(=O)(=O)N2CCCCCC2)c1. The molecule has 0 N–H and O–H groups in total. The third-order valence-electron chi connectivity index (χ3n) is 4.56. The number of carbonyl (C=O) groups is 1. The number of benzene rings is 2. The van der Waals surface area contributed by atoms with Crippen LogP contribution < -0.4 is 0 Å². The minimum absolute atomic E-state index is 0.134. The van der Waals surface area contributed by atoms with Crippen LogP contribution in [0.2, 0.25) is 0 Å². The van der Waals surface area contributed by atoms with Gasteiger partial charge in [-0.15, -0.1) is 0 Å². The molecule has 1 saturated heterocycles. The molecule has 0 aromatic heterocycles. The number of rotatable bonds is 5. The molecule has 0 atom stereocenters. The van der Waals surface area contributed by atoms with Gasteiger partial charge in [0.25, 0.3) is 0 Å². The van der Waals surface area contributed by atoms with Crippen LogP contribution in [-0.4, -0.2) is 31.8 Å². The summed E-state index contributed by atoms with van der Waals surface area (Å²) in [5.74, 6) is -0.536. The highest BCUT2D eigenvalue weighted by atomic mass is 79.9. The number of hydrogen-bond donors (Lipinski definition) is 0. The van der Waals surface area contributed by atoms with Crippen molar-refractivity contribution in [2.24, 2.45) is 0 Å². The van der Waals surface area contributed by atoms with Crippen molar-refractivity contribution >= 4 is 31.9 Å². The normalized spacial score (nSPS) is 15.9. The number of nitrogens with zero attached hydrogens (tertiary/aromatic N) is 1. The van der Waals surface area contributed by atoms with Crippen LogP contribution in [0.25, 0.3) is 0 Å². The van der Waals surface area contributed by atoms with Crippen LogP contribution in [0, 0.1) is 0 Å². The van der Waals surface area contributed by atoms with E-state index >= 15 is 0 Å². The molecule has 27 heavy (non-hydrogen) atoms. The van der Waals surface area contributed by atoms with Gasteiger partial charge >= 0.3 is 5.97 Å². The number of esters is 1. The summed E-state index contributed by atoms with van der Waals surface area (Å²) in [4.78, 5) is 12.5. The zero-order valence-electron chi connectivity index (χ0n) is 14.9. The molecule has 0 spiro atoms. The predicted molar refractivity (Wildman–Crippen MR) is 107 cm³/mol. The number of sulfonamides is 1. The summed E-state index contributed by atoms with van der Waals surface area (Å²) in [6, 6.07) is 13.6. The van der Waals surface area contributed by atoms with Gasteiger partial charge in [0.1, 0.15) is 6.61 Å². The van der Waals surface area contributed by atoms with E-state index in [1.807, 2.05) is 24.3 Å². The number of carbonyl (C=O) groups excluding carboxylic acids is 1. The summed E-state index contributed by atoms with van der Waals surface area (Å²) in [6.45, 7) is 1.19. The minimum atomic E-state index is -3.59. The Bertz CT molecular complexity index is 888. The van der Waals surface area contributed by atoms with Crippen molar-refractivity contribution in [3.05, 3.63) is 64.1 Å². The maximum atomic E-state index is 12.9. The summed E-state index contributed by atoms with van der Waals surface area (Å²) in [7, 11) is -3.59. The van der Waals surface area contributed by atoms with Crippen LogP contribution >= 0.6 is 15.9 Å². The Morgan fingerprint density at radius 1 is 1.00 bits per heavy atom. The maximum Gasteiger partial charge on any atom is 0.338 e. The first-order valence-electron chi connectivity index (χ1n) is 8.98. The minimum Gasteiger partial charge on any atom is -0.457 e. The standard InChI is InChI=1S/C20H22BrNO4S/c21-18-10-8-16(9-11-18)15-26-20(23)17-6-5-7-19(14-17)27(24,25)22-12-3-1-2-4-13-22/h5-11,14H,1-4,12-13,15H2. The Labute approximate surface area is 168 Å². The van der Waals surface area contributed by atoms with Gasteiger partial charge in [0.2, 0.25) is 10.0 Å². The fourth-order valence-electron chi connectivity index (χ4n) is 3.03. The van der Waals surface area contributed by atoms with Gasteiger partial charge < -0.3 is 4.74 Å². The summed E-state index contributed by atoms with van der Waals surface area (Å²) in [5.41, 5.74) is 1.10. The molecule has 2 aromatic carbocycles. The molecule has 5 nitrogen and oxygen atoms in total. The Morgan fingerprint density at radius 3 is 2.33 bits per heavy atom. The molecule has 0 amide bonds. The molecule has 0 aliphatic carbocycles. The lowest BCUT2D eigenvalue weighted by molar-refractivity contribution is 0.0472. The van der Waals surface area contributed by atoms with Crippen LogP contribution in [0.1, 0.15) is 41.6 Å². The van der Waals surface area contributed by atoms with E-state index in [0.29, 0.717) is 13.1 Å². The average molecular weight is 452 g/mol. The van der Waals surface area contributed by atoms with Crippen molar-refractivity contribution in [3.8, 4) is 0 Å². The first kappa shape index (κ1) is 20.0. The van der Waals surface area contributed by atoms with Crippen molar-refractivity contribution < 1.29 is 17.9 Å². The zero-order chi connectivity index (χ0) is 19.3. The lowest BCUT2D eigenvalue weighted by atomic mass is 10.2. The molecule has 0 radical (unpaired) electrons. The first-order valence-corrected chi connectivity index (χ1v) is 11.2. The Hall–Kier alpha value is -1.70. The molecule has 144 valence electrons. The molecule has 0 unspecified atom stereocenters. The summed E-state index contributed by atoms with van der Waals surface area (Å²) in [5, 5.41) is 0. The highest BCUT2D eigenvalue weighted by Gasteiger charge is 2.26. The monoisotopic (exact) mass is 451 g/mol. The van der Waals surface area contributed by atoms with E-state index < -0.39 is 16.0 Å². The van der Waals surface area contributed by atoms with Gasteiger partial charge in [0.05, 0.1) is 10.5 Å². The molecule has 1 aliphatic rings. The Morgan fingerprint density at radius 2 is 1.67 bits per heavy atom. The van der Waals surface area contributed by atoms with E-state index in [9.17, 15) is 13.2 Å². The van der Waals surface area contributed by atoms with Crippen LogP contribution in [0.4, 0.5) is 0 Å². The molecule has 1 aliphatic heterocycles. The molecule has 3 rings (SSSR count). The largest absolute Gasteiger partial charge is 0.457 e. The molecule has 2 aromatic rings. The second-order valence-corrected chi connectivity index (χ2v) is 9.40. The van der Waals surface area contributed by atoms with Crippen molar-refractivity contribution in [3.63, 3.8) is 0 Å². The van der Waals surface area contributed by atoms with Crippen molar-refractivity contribution in [1.82, 2.24) is 4.31 Å². The van der Waals surface area contributed by atoms with Crippen LogP contribution in [-0.2, 0) is 21.4 Å². The topological polar surface area (TPSA) is 63.7 Å². The van der Waals surface area contributed by atoms with Gasteiger partial charge in [0.15, 0.2) is 0 Å². The van der Waals surface area contributed by atoms with E-state index in [1.54, 1.807) is 12.1 Å². The first-order chi connectivity index (χ1) is 13.0. The highest BCUT2D eigenvalue weighted by molar-refractivity contribution is 9.10. The number of hydrogen-bond acceptors (Lipinski definition) is 4. The second kappa shape index (κ2) is 8.99. The van der Waals surface area contributed by atoms with Crippen molar-refractivity contribution in [1.29, 1.82) is 0 Å². The van der Waals surface area contributed by atoms with Gasteiger partial charge in [-0.1, -0.05) is 47.0 Å². The van der Waals surface area contributed by atoms with Crippen LogP contribution in [0.5, 0.6) is 0 Å². The molecule has 1 fully saturated rings. The maximum absolute atomic E-state index is 12.9. The van der Waals surface area contributed by atoms with Crippen molar-refractivity contribution in [2.75, 3.05) is 13.1 Å². The van der Waals surface area contributed by atoms with E-state index in [4.69, 9.17) is 4.74 Å². The number of halogens is 1. The zero-order valence-corrected chi connectivity index (χ0v) is 17.3. The fraction of sp³-hybridized carbons (Fsp3) is 0.350. The summed E-state index contributed by atoms with van der Waals surface area (Å²) in [6.07, 6.45) is 3.84. The number of ether oxygens (including phenoxy) is 1. The van der Waals surface area contributed by atoms with E-state index in [2.05, 4.69) is 15.9 Å². The molecule has 1 heterocycles. The second-order valence-electron chi connectivity index (χ2n) is 6.55. The molecular formula is C20H22BrNO4S. The van der Waals surface area contributed by atoms with E-state index in [-0.39, 0.29) is 17.1 Å². The fourth-order valence-corrected chi connectivity index (χ4v) is 4.86. The highest BCUT2D eigenvalue weighted by Crippen LogP contribution is 2.21. The molecule has 0 saturated carbocycles. The lowest BCUT2D eigenvalue weighted by Gasteiger charge is -2.20. The van der Waals surface area contributed by atoms with E-state index in [0.717, 1.165) is 35.7 Å². The third-order valence-corrected chi connectivity index (χ3v) is 6.98. The van der Waals surface area contributed by atoms with Gasteiger partial charge in [-0.05, 0) is 48.7 Å². The van der Waals surface area contributed by atoms with Crippen molar-refractivity contribution in [2.45, 2.75) is 37.2 Å². The third kappa shape index (κ3) is 5.18. The molecule has 0 bridgehead atoms. The summed E-state index contributed by atoms with van der Waals surface area (Å²) < 4.78 is 33.6. The molecule has 7 heteroatoms. The quantitative estimate of drug-likeness (QED) is 0.632. The lowest BCUT2D eigenvalue weighted by Crippen LogP contribution is -2.32. The van der Waals surface area contributed by atoms with Crippen LogP contribution in [0.3, 0.4) is 0 Å². The Balaban J connectivity index is 1.72. The van der Waals surface area contributed by atoms with Gasteiger partial charge in [0, 0.05) is 17.6 Å². The Kier molecular flexibility index (Phi) is 6.68. The molecular weight excluding hydrogens is 430 g/mol. The van der Waals surface area contributed by atoms with Crippen LogP contribution in [0.15, 0.2) is 57.9 Å². The predicted octanol–water partition coefficient (Wildman–Crippen LogP) is 4.37. The van der Waals surface area contributed by atoms with Gasteiger partial charge in [-0.25, -0.2) is 13.2 Å². The smallest absolute Gasteiger partial charge is 0.338 e. The van der Waals surface area contributed by atoms with Gasteiger partial charge in [-0.3, -0.25) is 0 Å².